The highest BCUT2D eigenvalue weighted by atomic mass is 16.5. The van der Waals surface area contributed by atoms with Gasteiger partial charge in [0.1, 0.15) is 0 Å². The summed E-state index contributed by atoms with van der Waals surface area (Å²) in [5.41, 5.74) is 1.12. The summed E-state index contributed by atoms with van der Waals surface area (Å²) in [7, 11) is 0. The van der Waals surface area contributed by atoms with Gasteiger partial charge in [-0.1, -0.05) is 18.2 Å². The quantitative estimate of drug-likeness (QED) is 0.593. The minimum absolute atomic E-state index is 0.0656. The summed E-state index contributed by atoms with van der Waals surface area (Å²) in [5, 5.41) is 0. The second-order valence-electron chi connectivity index (χ2n) is 4.19. The van der Waals surface area contributed by atoms with Gasteiger partial charge < -0.3 is 4.74 Å². The molecule has 1 aromatic heterocycles. The molecule has 2 rings (SSSR count). The van der Waals surface area contributed by atoms with Gasteiger partial charge in [0.25, 0.3) is 0 Å². The summed E-state index contributed by atoms with van der Waals surface area (Å²) in [6.45, 7) is 2.29. The van der Waals surface area contributed by atoms with Gasteiger partial charge >= 0.3 is 5.97 Å². The number of ether oxygens (including phenoxy) is 1. The Bertz CT molecular complexity index is 400. The first-order valence-corrected chi connectivity index (χ1v) is 6.04. The smallest absolute Gasteiger partial charge is 0.309 e. The normalized spacial score (nSPS) is 23.4. The number of rotatable bonds is 3. The summed E-state index contributed by atoms with van der Waals surface area (Å²) < 4.78 is 5.14. The number of aromatic nitrogens is 1. The first-order chi connectivity index (χ1) is 8.33. The van der Waals surface area contributed by atoms with E-state index in [1.165, 1.54) is 0 Å². The van der Waals surface area contributed by atoms with E-state index in [0.717, 1.165) is 18.4 Å². The number of hydrogen-bond acceptors (Lipinski definition) is 3. The van der Waals surface area contributed by atoms with Crippen LogP contribution in [0.5, 0.6) is 0 Å². The van der Waals surface area contributed by atoms with Crippen LogP contribution in [0.4, 0.5) is 0 Å². The largest absolute Gasteiger partial charge is 0.466 e. The Morgan fingerprint density at radius 2 is 2.29 bits per heavy atom. The number of carbonyl (C=O) groups is 1. The van der Waals surface area contributed by atoms with Crippen LogP contribution in [0.25, 0.3) is 0 Å². The minimum atomic E-state index is -0.0919. The van der Waals surface area contributed by atoms with E-state index in [-0.39, 0.29) is 17.8 Å². The molecule has 1 aliphatic carbocycles. The van der Waals surface area contributed by atoms with E-state index in [1.807, 2.05) is 25.3 Å². The standard InChI is InChI=1S/C14H17NO2/c1-2-17-14(16)13-8-4-3-7-12(13)11-6-5-9-15-10-11/h3-6,9-10,12-13H,2,7-8H2,1H3. The zero-order chi connectivity index (χ0) is 12.1. The maximum Gasteiger partial charge on any atom is 0.309 e. The van der Waals surface area contributed by atoms with Crippen LogP contribution in [0.2, 0.25) is 0 Å². The van der Waals surface area contributed by atoms with Crippen molar-refractivity contribution in [1.29, 1.82) is 0 Å². The molecule has 1 heterocycles. The third-order valence-corrected chi connectivity index (χ3v) is 3.13. The molecule has 2 atom stereocenters. The van der Waals surface area contributed by atoms with Crippen molar-refractivity contribution < 1.29 is 9.53 Å². The molecular formula is C14H17NO2. The molecule has 0 bridgehead atoms. The summed E-state index contributed by atoms with van der Waals surface area (Å²) in [6, 6.07) is 3.94. The molecule has 0 amide bonds. The molecule has 0 aliphatic heterocycles. The number of hydrogen-bond donors (Lipinski definition) is 0. The Morgan fingerprint density at radius 1 is 1.47 bits per heavy atom. The van der Waals surface area contributed by atoms with E-state index in [0.29, 0.717) is 6.61 Å². The fraction of sp³-hybridized carbons (Fsp3) is 0.429. The fourth-order valence-corrected chi connectivity index (χ4v) is 2.29. The van der Waals surface area contributed by atoms with Crippen LogP contribution in [0.15, 0.2) is 36.7 Å². The van der Waals surface area contributed by atoms with Crippen LogP contribution in [0, 0.1) is 5.92 Å². The van der Waals surface area contributed by atoms with Crippen molar-refractivity contribution in [1.82, 2.24) is 4.98 Å². The average molecular weight is 231 g/mol. The maximum atomic E-state index is 11.9. The zero-order valence-corrected chi connectivity index (χ0v) is 10.0. The third-order valence-electron chi connectivity index (χ3n) is 3.13. The molecule has 17 heavy (non-hydrogen) atoms. The van der Waals surface area contributed by atoms with Gasteiger partial charge in [-0.15, -0.1) is 0 Å². The van der Waals surface area contributed by atoms with Gasteiger partial charge in [0.15, 0.2) is 0 Å². The van der Waals surface area contributed by atoms with Crippen LogP contribution in [0.1, 0.15) is 31.2 Å². The highest BCUT2D eigenvalue weighted by Crippen LogP contribution is 2.34. The molecule has 0 N–H and O–H groups in total. The lowest BCUT2D eigenvalue weighted by molar-refractivity contribution is -0.148. The van der Waals surface area contributed by atoms with Crippen molar-refractivity contribution in [3.8, 4) is 0 Å². The molecule has 0 radical (unpaired) electrons. The Kier molecular flexibility index (Phi) is 3.91. The first-order valence-electron chi connectivity index (χ1n) is 6.04. The van der Waals surface area contributed by atoms with E-state index in [1.54, 1.807) is 6.20 Å². The van der Waals surface area contributed by atoms with Crippen molar-refractivity contribution in [2.24, 2.45) is 5.92 Å². The molecule has 1 aliphatic rings. The monoisotopic (exact) mass is 231 g/mol. The summed E-state index contributed by atoms with van der Waals surface area (Å²) in [5.74, 6) is 0.0441. The van der Waals surface area contributed by atoms with E-state index in [4.69, 9.17) is 4.74 Å². The second-order valence-corrected chi connectivity index (χ2v) is 4.19. The van der Waals surface area contributed by atoms with Gasteiger partial charge in [-0.25, -0.2) is 0 Å². The van der Waals surface area contributed by atoms with Crippen LogP contribution >= 0.6 is 0 Å². The van der Waals surface area contributed by atoms with Gasteiger partial charge in [-0.3, -0.25) is 9.78 Å². The topological polar surface area (TPSA) is 39.2 Å². The molecule has 0 fully saturated rings. The molecule has 3 nitrogen and oxygen atoms in total. The van der Waals surface area contributed by atoms with Gasteiger partial charge in [-0.2, -0.15) is 0 Å². The van der Waals surface area contributed by atoms with Crippen molar-refractivity contribution >= 4 is 5.97 Å². The lowest BCUT2D eigenvalue weighted by Gasteiger charge is -2.26. The molecule has 0 aromatic carbocycles. The van der Waals surface area contributed by atoms with Crippen molar-refractivity contribution in [2.75, 3.05) is 6.61 Å². The highest BCUT2D eigenvalue weighted by molar-refractivity contribution is 5.74. The molecule has 2 unspecified atom stereocenters. The molecule has 1 aromatic rings. The van der Waals surface area contributed by atoms with Crippen LogP contribution in [-0.2, 0) is 9.53 Å². The van der Waals surface area contributed by atoms with Crippen molar-refractivity contribution in [3.05, 3.63) is 42.2 Å². The molecule has 0 saturated carbocycles. The predicted octanol–water partition coefficient (Wildman–Crippen LogP) is 2.69. The Balaban J connectivity index is 2.19. The predicted molar refractivity (Wildman–Crippen MR) is 65.5 cm³/mol. The zero-order valence-electron chi connectivity index (χ0n) is 10.0. The van der Waals surface area contributed by atoms with Gasteiger partial charge in [0.05, 0.1) is 12.5 Å². The van der Waals surface area contributed by atoms with E-state index < -0.39 is 0 Å². The van der Waals surface area contributed by atoms with E-state index in [9.17, 15) is 4.79 Å². The molecule has 0 saturated heterocycles. The fourth-order valence-electron chi connectivity index (χ4n) is 2.29. The molecule has 90 valence electrons. The number of carbonyl (C=O) groups excluding carboxylic acids is 1. The summed E-state index contributed by atoms with van der Waals surface area (Å²) >= 11 is 0. The number of esters is 1. The summed E-state index contributed by atoms with van der Waals surface area (Å²) in [4.78, 5) is 16.0. The molecular weight excluding hydrogens is 214 g/mol. The third kappa shape index (κ3) is 2.73. The lowest BCUT2D eigenvalue weighted by atomic mass is 9.79. The molecule has 3 heteroatoms. The van der Waals surface area contributed by atoms with Gasteiger partial charge in [-0.05, 0) is 31.4 Å². The second kappa shape index (κ2) is 5.62. The van der Waals surface area contributed by atoms with E-state index >= 15 is 0 Å². The van der Waals surface area contributed by atoms with Crippen LogP contribution in [-0.4, -0.2) is 17.6 Å². The highest BCUT2D eigenvalue weighted by Gasteiger charge is 2.31. The first kappa shape index (κ1) is 11.8. The van der Waals surface area contributed by atoms with Gasteiger partial charge in [0, 0.05) is 18.3 Å². The maximum absolute atomic E-state index is 11.9. The van der Waals surface area contributed by atoms with Crippen molar-refractivity contribution in [3.63, 3.8) is 0 Å². The average Bonchev–Trinajstić information content (AvgIpc) is 2.40. The summed E-state index contributed by atoms with van der Waals surface area (Å²) in [6.07, 6.45) is 9.44. The Labute approximate surface area is 102 Å². The van der Waals surface area contributed by atoms with Crippen molar-refractivity contribution in [2.45, 2.75) is 25.7 Å². The van der Waals surface area contributed by atoms with Crippen LogP contribution < -0.4 is 0 Å². The Morgan fingerprint density at radius 3 is 3.00 bits per heavy atom. The van der Waals surface area contributed by atoms with Gasteiger partial charge in [0.2, 0.25) is 0 Å². The molecule has 0 spiro atoms. The van der Waals surface area contributed by atoms with E-state index in [2.05, 4.69) is 17.1 Å². The lowest BCUT2D eigenvalue weighted by Crippen LogP contribution is -2.26. The SMILES string of the molecule is CCOC(=O)C1CC=CCC1c1cccnc1. The number of allylic oxidation sites excluding steroid dienone is 2. The number of nitrogens with zero attached hydrogens (tertiary/aromatic N) is 1. The Hall–Kier alpha value is -1.64. The minimum Gasteiger partial charge on any atom is -0.466 e. The number of pyridine rings is 1. The van der Waals surface area contributed by atoms with Crippen LogP contribution in [0.3, 0.4) is 0 Å².